The van der Waals surface area contributed by atoms with Crippen LogP contribution < -0.4 is 15.5 Å². The summed E-state index contributed by atoms with van der Waals surface area (Å²) in [7, 11) is 0. The second-order valence-corrected chi connectivity index (χ2v) is 7.07. The number of hydrogen-bond acceptors (Lipinski definition) is 7. The number of amides is 2. The summed E-state index contributed by atoms with van der Waals surface area (Å²) in [5.74, 6) is 0.639. The summed E-state index contributed by atoms with van der Waals surface area (Å²) in [4.78, 5) is 22.5. The highest BCUT2D eigenvalue weighted by atomic mass is 19.4. The number of urea groups is 1. The fraction of sp³-hybridized carbons (Fsp3) is 0.421. The Morgan fingerprint density at radius 2 is 1.88 bits per heavy atom. The standard InChI is InChI=1S/C19H21F3N8O2/c1-2-23-18(31)24-13-5-3-12(4-6-13)15-25-16(29-7-9-32-10-8-29)14-17(26-15)30(28-27-14)11-19(20,21)22/h3-6H,2,7-11H2,1H3,(H2,23,24,31). The number of morpholine rings is 1. The van der Waals surface area contributed by atoms with Crippen LogP contribution in [0.2, 0.25) is 0 Å². The molecule has 1 aliphatic rings. The van der Waals surface area contributed by atoms with Gasteiger partial charge in [-0.05, 0) is 31.2 Å². The number of nitrogens with one attached hydrogen (secondary N) is 2. The number of anilines is 2. The molecule has 0 aliphatic carbocycles. The molecule has 2 N–H and O–H groups in total. The normalized spacial score (nSPS) is 14.6. The van der Waals surface area contributed by atoms with Crippen molar-refractivity contribution in [1.29, 1.82) is 0 Å². The van der Waals surface area contributed by atoms with E-state index in [-0.39, 0.29) is 23.0 Å². The van der Waals surface area contributed by atoms with Crippen molar-refractivity contribution in [3.8, 4) is 11.4 Å². The summed E-state index contributed by atoms with van der Waals surface area (Å²) in [5.41, 5.74) is 1.33. The van der Waals surface area contributed by atoms with Crippen LogP contribution in [0.3, 0.4) is 0 Å². The van der Waals surface area contributed by atoms with Gasteiger partial charge in [0.05, 0.1) is 13.2 Å². The fourth-order valence-corrected chi connectivity index (χ4v) is 3.28. The highest BCUT2D eigenvalue weighted by Gasteiger charge is 2.31. The van der Waals surface area contributed by atoms with Crippen LogP contribution in [0, 0.1) is 0 Å². The Balaban J connectivity index is 1.73. The molecule has 170 valence electrons. The zero-order chi connectivity index (χ0) is 22.7. The smallest absolute Gasteiger partial charge is 0.378 e. The number of benzene rings is 1. The maximum atomic E-state index is 13.0. The molecule has 0 bridgehead atoms. The molecular weight excluding hydrogens is 429 g/mol. The van der Waals surface area contributed by atoms with Gasteiger partial charge in [-0.15, -0.1) is 5.10 Å². The molecule has 0 saturated carbocycles. The Bertz CT molecular complexity index is 1090. The molecule has 0 spiro atoms. The molecular formula is C19H21F3N8O2. The zero-order valence-corrected chi connectivity index (χ0v) is 17.2. The van der Waals surface area contributed by atoms with Crippen LogP contribution in [0.1, 0.15) is 6.92 Å². The molecule has 10 nitrogen and oxygen atoms in total. The highest BCUT2D eigenvalue weighted by Crippen LogP contribution is 2.28. The average molecular weight is 450 g/mol. The van der Waals surface area contributed by atoms with Crippen LogP contribution in [0.5, 0.6) is 0 Å². The largest absolute Gasteiger partial charge is 0.408 e. The molecule has 3 heterocycles. The van der Waals surface area contributed by atoms with Crippen molar-refractivity contribution < 1.29 is 22.7 Å². The molecule has 1 aromatic carbocycles. The van der Waals surface area contributed by atoms with Gasteiger partial charge in [-0.3, -0.25) is 0 Å². The minimum atomic E-state index is -4.47. The van der Waals surface area contributed by atoms with Crippen LogP contribution in [-0.4, -0.2) is 70.0 Å². The first kappa shape index (κ1) is 21.7. The lowest BCUT2D eigenvalue weighted by molar-refractivity contribution is -0.142. The van der Waals surface area contributed by atoms with Crippen molar-refractivity contribution >= 4 is 28.7 Å². The van der Waals surface area contributed by atoms with E-state index in [4.69, 9.17) is 4.74 Å². The maximum Gasteiger partial charge on any atom is 0.408 e. The molecule has 4 rings (SSSR count). The minimum absolute atomic E-state index is 0.00154. The van der Waals surface area contributed by atoms with Crippen molar-refractivity contribution in [3.63, 3.8) is 0 Å². The Morgan fingerprint density at radius 1 is 1.16 bits per heavy atom. The number of fused-ring (bicyclic) bond motifs is 1. The van der Waals surface area contributed by atoms with Gasteiger partial charge in [0.2, 0.25) is 0 Å². The van der Waals surface area contributed by atoms with E-state index >= 15 is 0 Å². The SMILES string of the molecule is CCNC(=O)Nc1ccc(-c2nc(N3CCOCC3)c3nnn(CC(F)(F)F)c3n2)cc1. The van der Waals surface area contributed by atoms with E-state index in [1.807, 2.05) is 4.90 Å². The van der Waals surface area contributed by atoms with Crippen LogP contribution >= 0.6 is 0 Å². The zero-order valence-electron chi connectivity index (χ0n) is 17.2. The van der Waals surface area contributed by atoms with Crippen molar-refractivity contribution in [3.05, 3.63) is 24.3 Å². The Labute approximate surface area is 180 Å². The molecule has 2 amide bonds. The second-order valence-electron chi connectivity index (χ2n) is 7.07. The third-order valence-electron chi connectivity index (χ3n) is 4.72. The Hall–Kier alpha value is -3.48. The van der Waals surface area contributed by atoms with Gasteiger partial charge in [0, 0.05) is 30.9 Å². The minimum Gasteiger partial charge on any atom is -0.378 e. The summed E-state index contributed by atoms with van der Waals surface area (Å²) >= 11 is 0. The van der Waals surface area contributed by atoms with Gasteiger partial charge < -0.3 is 20.3 Å². The van der Waals surface area contributed by atoms with Crippen LogP contribution in [0.4, 0.5) is 29.5 Å². The van der Waals surface area contributed by atoms with Gasteiger partial charge in [0.25, 0.3) is 0 Å². The molecule has 2 aromatic heterocycles. The molecule has 1 aliphatic heterocycles. The number of carbonyl (C=O) groups excluding carboxylic acids is 1. The molecule has 13 heteroatoms. The molecule has 0 radical (unpaired) electrons. The molecule has 1 fully saturated rings. The summed E-state index contributed by atoms with van der Waals surface area (Å²) in [5, 5.41) is 12.9. The number of halogens is 3. The Morgan fingerprint density at radius 3 is 2.53 bits per heavy atom. The van der Waals surface area contributed by atoms with Crippen molar-refractivity contribution in [2.45, 2.75) is 19.6 Å². The summed E-state index contributed by atoms with van der Waals surface area (Å²) in [6.45, 7) is 2.97. The highest BCUT2D eigenvalue weighted by molar-refractivity contribution is 5.89. The van der Waals surface area contributed by atoms with Gasteiger partial charge in [-0.1, -0.05) is 5.21 Å². The topological polar surface area (TPSA) is 110 Å². The molecule has 32 heavy (non-hydrogen) atoms. The van der Waals surface area contributed by atoms with Crippen LogP contribution in [-0.2, 0) is 11.3 Å². The van der Waals surface area contributed by atoms with E-state index in [1.165, 1.54) is 0 Å². The predicted molar refractivity (Wildman–Crippen MR) is 110 cm³/mol. The number of carbonyl (C=O) groups is 1. The molecule has 1 saturated heterocycles. The van der Waals surface area contributed by atoms with Crippen molar-refractivity contribution in [2.75, 3.05) is 43.1 Å². The summed E-state index contributed by atoms with van der Waals surface area (Å²) in [6, 6.07) is 6.36. The first-order valence-corrected chi connectivity index (χ1v) is 10.00. The fourth-order valence-electron chi connectivity index (χ4n) is 3.28. The summed E-state index contributed by atoms with van der Waals surface area (Å²) < 4.78 is 45.2. The van der Waals surface area contributed by atoms with E-state index in [0.29, 0.717) is 49.9 Å². The van der Waals surface area contributed by atoms with Gasteiger partial charge in [0.15, 0.2) is 22.8 Å². The van der Waals surface area contributed by atoms with Gasteiger partial charge in [-0.25, -0.2) is 19.4 Å². The maximum absolute atomic E-state index is 13.0. The van der Waals surface area contributed by atoms with E-state index in [2.05, 4.69) is 30.9 Å². The molecule has 3 aromatic rings. The lowest BCUT2D eigenvalue weighted by Crippen LogP contribution is -2.37. The third-order valence-corrected chi connectivity index (χ3v) is 4.72. The number of alkyl halides is 3. The van der Waals surface area contributed by atoms with E-state index in [9.17, 15) is 18.0 Å². The predicted octanol–water partition coefficient (Wildman–Crippen LogP) is 2.43. The van der Waals surface area contributed by atoms with Gasteiger partial charge >= 0.3 is 12.2 Å². The summed E-state index contributed by atoms with van der Waals surface area (Å²) in [6.07, 6.45) is -4.47. The van der Waals surface area contributed by atoms with Crippen molar-refractivity contribution in [1.82, 2.24) is 30.3 Å². The van der Waals surface area contributed by atoms with Gasteiger partial charge in [-0.2, -0.15) is 13.2 Å². The first-order chi connectivity index (χ1) is 15.3. The molecule has 0 atom stereocenters. The van der Waals surface area contributed by atoms with Gasteiger partial charge in [0.1, 0.15) is 6.54 Å². The third kappa shape index (κ3) is 4.88. The Kier molecular flexibility index (Phi) is 6.08. The average Bonchev–Trinajstić information content (AvgIpc) is 3.15. The quantitative estimate of drug-likeness (QED) is 0.614. The number of rotatable bonds is 5. The van der Waals surface area contributed by atoms with E-state index < -0.39 is 12.7 Å². The second kappa shape index (κ2) is 8.94. The number of hydrogen-bond donors (Lipinski definition) is 2. The number of ether oxygens (including phenoxy) is 1. The monoisotopic (exact) mass is 450 g/mol. The first-order valence-electron chi connectivity index (χ1n) is 10.00. The van der Waals surface area contributed by atoms with E-state index in [1.54, 1.807) is 31.2 Å². The van der Waals surface area contributed by atoms with Crippen LogP contribution in [0.25, 0.3) is 22.6 Å². The lowest BCUT2D eigenvalue weighted by Gasteiger charge is -2.28. The number of aromatic nitrogens is 5. The lowest BCUT2D eigenvalue weighted by atomic mass is 10.2. The van der Waals surface area contributed by atoms with E-state index in [0.717, 1.165) is 4.68 Å². The van der Waals surface area contributed by atoms with Crippen LogP contribution in [0.15, 0.2) is 24.3 Å². The van der Waals surface area contributed by atoms with Crippen molar-refractivity contribution in [2.24, 2.45) is 0 Å². The number of nitrogens with zero attached hydrogens (tertiary/aromatic N) is 6. The molecule has 0 unspecified atom stereocenters.